The van der Waals surface area contributed by atoms with Crippen molar-refractivity contribution in [1.82, 2.24) is 0 Å². The highest BCUT2D eigenvalue weighted by Crippen LogP contribution is 2.52. The predicted octanol–water partition coefficient (Wildman–Crippen LogP) is 7.84. The Morgan fingerprint density at radius 2 is 1.07 bits per heavy atom. The number of hydrogen-bond acceptors (Lipinski definition) is 0. The molecule has 4 aromatic rings. The van der Waals surface area contributed by atoms with Crippen molar-refractivity contribution in [2.24, 2.45) is 0 Å². The third-order valence-corrected chi connectivity index (χ3v) is 5.69. The molecule has 0 spiro atoms. The third-order valence-electron chi connectivity index (χ3n) is 5.69. The van der Waals surface area contributed by atoms with Gasteiger partial charge in [-0.2, -0.15) is 0 Å². The first-order chi connectivity index (χ1) is 13.2. The molecule has 0 nitrogen and oxygen atoms in total. The van der Waals surface area contributed by atoms with Gasteiger partial charge >= 0.3 is 0 Å². The standard InChI is InChI=1S/C25H20.C2H6/c1-25(2)22-15-6-5-12-21(22)24-20(14-8-16-23(24)25)19-13-7-10-17-9-3-4-11-18(17)19;1-2/h3-16H,1-2H3;1-2H3. The summed E-state index contributed by atoms with van der Waals surface area (Å²) in [6.45, 7) is 8.68. The van der Waals surface area contributed by atoms with Crippen LogP contribution in [-0.4, -0.2) is 0 Å². The van der Waals surface area contributed by atoms with Gasteiger partial charge in [-0.25, -0.2) is 0 Å². The molecule has 0 heterocycles. The van der Waals surface area contributed by atoms with Crippen molar-refractivity contribution in [1.29, 1.82) is 0 Å². The first-order valence-electron chi connectivity index (χ1n) is 9.89. The summed E-state index contributed by atoms with van der Waals surface area (Å²) < 4.78 is 0. The van der Waals surface area contributed by atoms with Gasteiger partial charge in [0.05, 0.1) is 0 Å². The zero-order chi connectivity index (χ0) is 19.0. The van der Waals surface area contributed by atoms with Crippen LogP contribution >= 0.6 is 0 Å². The Morgan fingerprint density at radius 3 is 1.93 bits per heavy atom. The smallest absolute Gasteiger partial charge is 0.0159 e. The van der Waals surface area contributed by atoms with Crippen molar-refractivity contribution in [3.63, 3.8) is 0 Å². The van der Waals surface area contributed by atoms with Crippen LogP contribution in [0.1, 0.15) is 38.8 Å². The fourth-order valence-corrected chi connectivity index (χ4v) is 4.44. The number of fused-ring (bicyclic) bond motifs is 4. The molecule has 0 unspecified atom stereocenters. The molecule has 0 radical (unpaired) electrons. The van der Waals surface area contributed by atoms with Crippen molar-refractivity contribution in [3.05, 3.63) is 96.1 Å². The molecule has 0 bridgehead atoms. The average Bonchev–Trinajstić information content (AvgIpc) is 2.97. The molecule has 0 saturated carbocycles. The minimum Gasteiger partial charge on any atom is -0.0683 e. The highest BCUT2D eigenvalue weighted by molar-refractivity contribution is 6.02. The van der Waals surface area contributed by atoms with E-state index in [2.05, 4.69) is 98.8 Å². The monoisotopic (exact) mass is 350 g/mol. The van der Waals surface area contributed by atoms with Gasteiger partial charge in [-0.1, -0.05) is 113 Å². The van der Waals surface area contributed by atoms with Gasteiger partial charge in [0, 0.05) is 5.41 Å². The predicted molar refractivity (Wildman–Crippen MR) is 118 cm³/mol. The van der Waals surface area contributed by atoms with Crippen molar-refractivity contribution >= 4 is 10.8 Å². The van der Waals surface area contributed by atoms with E-state index >= 15 is 0 Å². The number of benzene rings is 4. The van der Waals surface area contributed by atoms with Crippen LogP contribution in [0, 0.1) is 0 Å². The summed E-state index contributed by atoms with van der Waals surface area (Å²) in [5.74, 6) is 0. The fraction of sp³-hybridized carbons (Fsp3) is 0.185. The molecule has 0 aromatic heterocycles. The molecule has 27 heavy (non-hydrogen) atoms. The van der Waals surface area contributed by atoms with Gasteiger partial charge in [-0.05, 0) is 44.2 Å². The summed E-state index contributed by atoms with van der Waals surface area (Å²) in [7, 11) is 0. The van der Waals surface area contributed by atoms with Crippen LogP contribution < -0.4 is 0 Å². The highest BCUT2D eigenvalue weighted by Gasteiger charge is 2.36. The fourth-order valence-electron chi connectivity index (χ4n) is 4.44. The highest BCUT2D eigenvalue weighted by atomic mass is 14.4. The summed E-state index contributed by atoms with van der Waals surface area (Å²) in [6.07, 6.45) is 0. The van der Waals surface area contributed by atoms with E-state index in [9.17, 15) is 0 Å². The molecule has 4 aromatic carbocycles. The van der Waals surface area contributed by atoms with Gasteiger partial charge in [-0.3, -0.25) is 0 Å². The van der Waals surface area contributed by atoms with E-state index < -0.39 is 0 Å². The maximum atomic E-state index is 2.34. The minimum atomic E-state index is 0.0481. The molecule has 0 saturated heterocycles. The molecule has 0 amide bonds. The maximum absolute atomic E-state index is 2.34. The Balaban J connectivity index is 0.000000872. The van der Waals surface area contributed by atoms with Crippen LogP contribution in [-0.2, 0) is 5.41 Å². The van der Waals surface area contributed by atoms with E-state index in [1.165, 1.54) is 44.2 Å². The Morgan fingerprint density at radius 1 is 0.519 bits per heavy atom. The molecule has 0 fully saturated rings. The normalized spacial score (nSPS) is 13.5. The Hall–Kier alpha value is -2.86. The molecule has 0 heteroatoms. The molecule has 1 aliphatic rings. The van der Waals surface area contributed by atoms with Crippen molar-refractivity contribution in [3.8, 4) is 22.3 Å². The first kappa shape index (κ1) is 17.5. The zero-order valence-corrected chi connectivity index (χ0v) is 16.6. The second-order valence-electron chi connectivity index (χ2n) is 7.43. The van der Waals surface area contributed by atoms with E-state index in [0.29, 0.717) is 0 Å². The van der Waals surface area contributed by atoms with E-state index in [0.717, 1.165) is 0 Å². The molecule has 5 rings (SSSR count). The Labute approximate surface area is 162 Å². The average molecular weight is 351 g/mol. The van der Waals surface area contributed by atoms with Gasteiger partial charge in [0.25, 0.3) is 0 Å². The third kappa shape index (κ3) is 2.59. The van der Waals surface area contributed by atoms with Crippen LogP contribution in [0.25, 0.3) is 33.0 Å². The van der Waals surface area contributed by atoms with E-state index in [-0.39, 0.29) is 5.41 Å². The topological polar surface area (TPSA) is 0 Å². The Kier molecular flexibility index (Phi) is 4.36. The van der Waals surface area contributed by atoms with E-state index in [1.54, 1.807) is 0 Å². The van der Waals surface area contributed by atoms with Crippen molar-refractivity contribution < 1.29 is 0 Å². The lowest BCUT2D eigenvalue weighted by molar-refractivity contribution is 0.660. The number of rotatable bonds is 1. The van der Waals surface area contributed by atoms with E-state index in [1.807, 2.05) is 13.8 Å². The lowest BCUT2D eigenvalue weighted by atomic mass is 9.82. The van der Waals surface area contributed by atoms with Gasteiger partial charge < -0.3 is 0 Å². The van der Waals surface area contributed by atoms with Crippen LogP contribution in [0.4, 0.5) is 0 Å². The molecule has 134 valence electrons. The van der Waals surface area contributed by atoms with Crippen molar-refractivity contribution in [2.45, 2.75) is 33.1 Å². The van der Waals surface area contributed by atoms with Gasteiger partial charge in [0.1, 0.15) is 0 Å². The van der Waals surface area contributed by atoms with Gasteiger partial charge in [-0.15, -0.1) is 0 Å². The lowest BCUT2D eigenvalue weighted by Gasteiger charge is -2.21. The molecule has 0 aliphatic heterocycles. The van der Waals surface area contributed by atoms with Crippen molar-refractivity contribution in [2.75, 3.05) is 0 Å². The van der Waals surface area contributed by atoms with E-state index in [4.69, 9.17) is 0 Å². The maximum Gasteiger partial charge on any atom is 0.0159 e. The zero-order valence-electron chi connectivity index (χ0n) is 16.6. The summed E-state index contributed by atoms with van der Waals surface area (Å²) in [5.41, 5.74) is 8.35. The summed E-state index contributed by atoms with van der Waals surface area (Å²) in [6, 6.07) is 30.9. The summed E-state index contributed by atoms with van der Waals surface area (Å²) in [4.78, 5) is 0. The summed E-state index contributed by atoms with van der Waals surface area (Å²) >= 11 is 0. The summed E-state index contributed by atoms with van der Waals surface area (Å²) in [5, 5.41) is 2.61. The van der Waals surface area contributed by atoms with Crippen LogP contribution in [0.3, 0.4) is 0 Å². The SMILES string of the molecule is CC.CC1(C)c2ccccc2-c2c(-c3cccc4ccccc34)cccc21. The quantitative estimate of drug-likeness (QED) is 0.328. The number of hydrogen-bond donors (Lipinski definition) is 0. The molecule has 0 N–H and O–H groups in total. The largest absolute Gasteiger partial charge is 0.0683 e. The van der Waals surface area contributed by atoms with Crippen LogP contribution in [0.15, 0.2) is 84.9 Å². The second-order valence-corrected chi connectivity index (χ2v) is 7.43. The van der Waals surface area contributed by atoms with Gasteiger partial charge in [0.15, 0.2) is 0 Å². The molecule has 1 aliphatic carbocycles. The second kappa shape index (κ2) is 6.70. The van der Waals surface area contributed by atoms with Crippen LogP contribution in [0.2, 0.25) is 0 Å². The first-order valence-corrected chi connectivity index (χ1v) is 9.89. The van der Waals surface area contributed by atoms with Crippen LogP contribution in [0.5, 0.6) is 0 Å². The molecule has 0 atom stereocenters. The van der Waals surface area contributed by atoms with Gasteiger partial charge in [0.2, 0.25) is 0 Å². The minimum absolute atomic E-state index is 0.0481. The lowest BCUT2D eigenvalue weighted by Crippen LogP contribution is -2.14. The molecular weight excluding hydrogens is 324 g/mol. The Bertz CT molecular complexity index is 1110. The molecular formula is C27H26.